The lowest BCUT2D eigenvalue weighted by molar-refractivity contribution is -0.145. The SMILES string of the molecule is CC.COC(=O)C(C)(c1ccc(F)cc1)c1cnc(N2CCNCC2)nc1. The van der Waals surface area contributed by atoms with Gasteiger partial charge in [-0.1, -0.05) is 26.0 Å². The molecule has 1 aromatic heterocycles. The minimum atomic E-state index is -1.11. The Kier molecular flexibility index (Phi) is 7.24. The number of rotatable bonds is 4. The topological polar surface area (TPSA) is 67.3 Å². The Labute approximate surface area is 159 Å². The maximum Gasteiger partial charge on any atom is 0.320 e. The zero-order valence-electron chi connectivity index (χ0n) is 16.3. The van der Waals surface area contributed by atoms with Crippen molar-refractivity contribution in [2.24, 2.45) is 0 Å². The van der Waals surface area contributed by atoms with Crippen molar-refractivity contribution in [1.82, 2.24) is 15.3 Å². The van der Waals surface area contributed by atoms with E-state index in [0.717, 1.165) is 26.2 Å². The molecule has 2 heterocycles. The lowest BCUT2D eigenvalue weighted by atomic mass is 9.77. The lowest BCUT2D eigenvalue weighted by Gasteiger charge is -2.29. The van der Waals surface area contributed by atoms with Gasteiger partial charge in [-0.2, -0.15) is 0 Å². The molecule has 0 aliphatic carbocycles. The fourth-order valence-corrected chi connectivity index (χ4v) is 3.00. The van der Waals surface area contributed by atoms with Crippen molar-refractivity contribution in [3.63, 3.8) is 0 Å². The number of carbonyl (C=O) groups is 1. The number of benzene rings is 1. The van der Waals surface area contributed by atoms with Gasteiger partial charge in [-0.05, 0) is 24.6 Å². The fourth-order valence-electron chi connectivity index (χ4n) is 3.00. The average Bonchev–Trinajstić information content (AvgIpc) is 2.75. The van der Waals surface area contributed by atoms with Crippen molar-refractivity contribution >= 4 is 11.9 Å². The number of ether oxygens (including phenoxy) is 1. The van der Waals surface area contributed by atoms with Crippen LogP contribution in [0.4, 0.5) is 10.3 Å². The molecule has 1 aliphatic rings. The first-order valence-corrected chi connectivity index (χ1v) is 9.18. The van der Waals surface area contributed by atoms with Crippen molar-refractivity contribution in [2.45, 2.75) is 26.2 Å². The van der Waals surface area contributed by atoms with Crippen LogP contribution < -0.4 is 10.2 Å². The second-order valence-corrected chi connectivity index (χ2v) is 6.13. The van der Waals surface area contributed by atoms with E-state index in [1.54, 1.807) is 31.5 Å². The van der Waals surface area contributed by atoms with Gasteiger partial charge in [0.2, 0.25) is 5.95 Å². The van der Waals surface area contributed by atoms with Gasteiger partial charge in [0.1, 0.15) is 11.2 Å². The molecule has 0 bridgehead atoms. The zero-order valence-corrected chi connectivity index (χ0v) is 16.3. The summed E-state index contributed by atoms with van der Waals surface area (Å²) in [7, 11) is 1.33. The van der Waals surface area contributed by atoms with Crippen molar-refractivity contribution in [3.8, 4) is 0 Å². The number of hydrogen-bond donors (Lipinski definition) is 1. The van der Waals surface area contributed by atoms with Gasteiger partial charge in [-0.15, -0.1) is 0 Å². The summed E-state index contributed by atoms with van der Waals surface area (Å²) < 4.78 is 18.3. The highest BCUT2D eigenvalue weighted by Crippen LogP contribution is 2.33. The Morgan fingerprint density at radius 1 is 1.11 bits per heavy atom. The highest BCUT2D eigenvalue weighted by molar-refractivity contribution is 5.86. The number of nitrogens with zero attached hydrogens (tertiary/aromatic N) is 3. The highest BCUT2D eigenvalue weighted by Gasteiger charge is 2.39. The minimum absolute atomic E-state index is 0.360. The van der Waals surface area contributed by atoms with Crippen molar-refractivity contribution in [1.29, 1.82) is 0 Å². The van der Waals surface area contributed by atoms with E-state index in [2.05, 4.69) is 20.2 Å². The minimum Gasteiger partial charge on any atom is -0.468 e. The van der Waals surface area contributed by atoms with E-state index in [1.165, 1.54) is 19.2 Å². The van der Waals surface area contributed by atoms with Crippen molar-refractivity contribution in [3.05, 3.63) is 53.6 Å². The predicted octanol–water partition coefficient (Wildman–Crippen LogP) is 2.53. The molecule has 0 saturated carbocycles. The first-order valence-electron chi connectivity index (χ1n) is 9.18. The summed E-state index contributed by atoms with van der Waals surface area (Å²) in [5.74, 6) is -0.171. The van der Waals surface area contributed by atoms with Crippen LogP contribution in [0.2, 0.25) is 0 Å². The monoisotopic (exact) mass is 374 g/mol. The molecule has 1 N–H and O–H groups in total. The van der Waals surface area contributed by atoms with Gasteiger partial charge in [-0.25, -0.2) is 14.4 Å². The molecular formula is C20H27FN4O2. The van der Waals surface area contributed by atoms with Crippen LogP contribution in [-0.4, -0.2) is 49.2 Å². The zero-order chi connectivity index (χ0) is 19.9. The first kappa shape index (κ1) is 20.8. The summed E-state index contributed by atoms with van der Waals surface area (Å²) in [6, 6.07) is 5.81. The number of methoxy groups -OCH3 is 1. The quantitative estimate of drug-likeness (QED) is 0.830. The molecule has 0 spiro atoms. The van der Waals surface area contributed by atoms with E-state index in [4.69, 9.17) is 4.74 Å². The Morgan fingerprint density at radius 2 is 1.67 bits per heavy atom. The molecule has 3 rings (SSSR count). The number of anilines is 1. The summed E-state index contributed by atoms with van der Waals surface area (Å²) in [5, 5.41) is 3.28. The Hall–Kier alpha value is -2.54. The van der Waals surface area contributed by atoms with Crippen LogP contribution in [0.3, 0.4) is 0 Å². The van der Waals surface area contributed by atoms with Crippen LogP contribution >= 0.6 is 0 Å². The second kappa shape index (κ2) is 9.41. The molecule has 1 aromatic carbocycles. The summed E-state index contributed by atoms with van der Waals surface area (Å²) in [4.78, 5) is 23.5. The molecule has 0 radical (unpaired) electrons. The molecule has 1 unspecified atom stereocenters. The summed E-state index contributed by atoms with van der Waals surface area (Å²) in [6.07, 6.45) is 3.29. The van der Waals surface area contributed by atoms with Crippen LogP contribution in [0, 0.1) is 5.82 Å². The molecule has 1 fully saturated rings. The number of piperazine rings is 1. The molecule has 7 heteroatoms. The van der Waals surface area contributed by atoms with E-state index in [0.29, 0.717) is 17.1 Å². The molecule has 0 amide bonds. The van der Waals surface area contributed by atoms with Crippen molar-refractivity contribution in [2.75, 3.05) is 38.2 Å². The lowest BCUT2D eigenvalue weighted by Crippen LogP contribution is -2.44. The van der Waals surface area contributed by atoms with Gasteiger partial charge in [0, 0.05) is 44.1 Å². The third-order valence-electron chi connectivity index (χ3n) is 4.63. The number of nitrogens with one attached hydrogen (secondary N) is 1. The van der Waals surface area contributed by atoms with E-state index < -0.39 is 11.4 Å². The Bertz CT molecular complexity index is 731. The molecule has 1 aliphatic heterocycles. The first-order chi connectivity index (χ1) is 13.1. The van der Waals surface area contributed by atoms with Gasteiger partial charge in [0.25, 0.3) is 0 Å². The average molecular weight is 374 g/mol. The van der Waals surface area contributed by atoms with Gasteiger partial charge in [-0.3, -0.25) is 4.79 Å². The molecular weight excluding hydrogens is 347 g/mol. The Balaban J connectivity index is 0.00000126. The molecule has 27 heavy (non-hydrogen) atoms. The summed E-state index contributed by atoms with van der Waals surface area (Å²) >= 11 is 0. The van der Waals surface area contributed by atoms with Gasteiger partial charge >= 0.3 is 5.97 Å². The number of aromatic nitrogens is 2. The second-order valence-electron chi connectivity index (χ2n) is 6.13. The van der Waals surface area contributed by atoms with E-state index in [9.17, 15) is 9.18 Å². The normalized spacial score (nSPS) is 16.0. The molecule has 1 atom stereocenters. The molecule has 146 valence electrons. The predicted molar refractivity (Wildman–Crippen MR) is 103 cm³/mol. The maximum atomic E-state index is 13.3. The largest absolute Gasteiger partial charge is 0.468 e. The number of carbonyl (C=O) groups excluding carboxylic acids is 1. The summed E-state index contributed by atoms with van der Waals surface area (Å²) in [6.45, 7) is 9.19. The third-order valence-corrected chi connectivity index (χ3v) is 4.63. The standard InChI is InChI=1S/C18H21FN4O2.C2H6/c1-18(16(24)25-2,13-3-5-15(19)6-4-13)14-11-21-17(22-12-14)23-9-7-20-8-10-23;1-2/h3-6,11-12,20H,7-10H2,1-2H3;1-2H3. The van der Waals surface area contributed by atoms with Crippen LogP contribution in [0.25, 0.3) is 0 Å². The highest BCUT2D eigenvalue weighted by atomic mass is 19.1. The number of hydrogen-bond acceptors (Lipinski definition) is 6. The smallest absolute Gasteiger partial charge is 0.320 e. The van der Waals surface area contributed by atoms with Gasteiger partial charge < -0.3 is 15.0 Å². The van der Waals surface area contributed by atoms with Crippen LogP contribution in [0.15, 0.2) is 36.7 Å². The van der Waals surface area contributed by atoms with Crippen LogP contribution in [0.5, 0.6) is 0 Å². The van der Waals surface area contributed by atoms with E-state index in [-0.39, 0.29) is 5.82 Å². The van der Waals surface area contributed by atoms with Gasteiger partial charge in [0.15, 0.2) is 0 Å². The molecule has 6 nitrogen and oxygen atoms in total. The van der Waals surface area contributed by atoms with E-state index in [1.807, 2.05) is 13.8 Å². The summed E-state index contributed by atoms with van der Waals surface area (Å²) in [5.41, 5.74) is 0.119. The number of esters is 1. The third kappa shape index (κ3) is 4.42. The van der Waals surface area contributed by atoms with Crippen LogP contribution in [0.1, 0.15) is 31.9 Å². The number of halogens is 1. The fraction of sp³-hybridized carbons (Fsp3) is 0.450. The molecule has 1 saturated heterocycles. The van der Waals surface area contributed by atoms with Crippen molar-refractivity contribution < 1.29 is 13.9 Å². The van der Waals surface area contributed by atoms with Gasteiger partial charge in [0.05, 0.1) is 7.11 Å². The van der Waals surface area contributed by atoms with E-state index >= 15 is 0 Å². The van der Waals surface area contributed by atoms with Crippen LogP contribution in [-0.2, 0) is 14.9 Å². The molecule has 2 aromatic rings. The Morgan fingerprint density at radius 3 is 2.19 bits per heavy atom. The maximum absolute atomic E-state index is 13.3.